The number of nitrogens with zero attached hydrogens (tertiary/aromatic N) is 3. The van der Waals surface area contributed by atoms with Gasteiger partial charge in [-0.1, -0.05) is 19.8 Å². The number of fused-ring (bicyclic) bond motifs is 1. The summed E-state index contributed by atoms with van der Waals surface area (Å²) in [5.41, 5.74) is -0.903. The summed E-state index contributed by atoms with van der Waals surface area (Å²) >= 11 is 0. The summed E-state index contributed by atoms with van der Waals surface area (Å²) in [6, 6.07) is 4.15. The highest BCUT2D eigenvalue weighted by atomic mass is 19.4. The van der Waals surface area contributed by atoms with Crippen LogP contribution in [0.4, 0.5) is 17.6 Å². The average molecular weight is 409 g/mol. The minimum absolute atomic E-state index is 0.0475. The lowest BCUT2D eigenvalue weighted by Crippen LogP contribution is -2.20. The Morgan fingerprint density at radius 3 is 2.48 bits per heavy atom. The van der Waals surface area contributed by atoms with Gasteiger partial charge >= 0.3 is 6.18 Å². The zero-order chi connectivity index (χ0) is 21.2. The number of aliphatic hydroxyl groups excluding tert-OH is 1. The smallest absolute Gasteiger partial charge is 0.379 e. The largest absolute Gasteiger partial charge is 0.418 e. The Kier molecular flexibility index (Phi) is 5.97. The maximum atomic E-state index is 14.6. The molecule has 2 heterocycles. The third-order valence-corrected chi connectivity index (χ3v) is 4.61. The van der Waals surface area contributed by atoms with Gasteiger partial charge in [-0.25, -0.2) is 14.4 Å². The molecule has 0 aliphatic carbocycles. The van der Waals surface area contributed by atoms with Crippen LogP contribution >= 0.6 is 0 Å². The van der Waals surface area contributed by atoms with Crippen molar-refractivity contribution >= 4 is 10.8 Å². The Hall–Kier alpha value is -2.81. The first-order valence-electron chi connectivity index (χ1n) is 9.12. The fourth-order valence-corrected chi connectivity index (χ4v) is 2.99. The zero-order valence-electron chi connectivity index (χ0n) is 15.6. The summed E-state index contributed by atoms with van der Waals surface area (Å²) < 4.78 is 53.8. The van der Waals surface area contributed by atoms with Crippen molar-refractivity contribution in [3.63, 3.8) is 0 Å². The van der Waals surface area contributed by atoms with Gasteiger partial charge in [-0.15, -0.1) is 0 Å². The van der Waals surface area contributed by atoms with Crippen molar-refractivity contribution in [2.45, 2.75) is 45.0 Å². The highest BCUT2D eigenvalue weighted by Gasteiger charge is 2.39. The van der Waals surface area contributed by atoms with Gasteiger partial charge in [-0.2, -0.15) is 13.2 Å². The minimum atomic E-state index is -4.85. The second-order valence-electron chi connectivity index (χ2n) is 6.72. The molecule has 0 radical (unpaired) electrons. The van der Waals surface area contributed by atoms with Crippen LogP contribution in [0.15, 0.2) is 41.6 Å². The number of benzene rings is 1. The first kappa shape index (κ1) is 20.9. The zero-order valence-corrected chi connectivity index (χ0v) is 15.6. The molecule has 29 heavy (non-hydrogen) atoms. The average Bonchev–Trinajstić information content (AvgIpc) is 2.69. The molecule has 0 spiro atoms. The van der Waals surface area contributed by atoms with Gasteiger partial charge in [-0.05, 0) is 30.0 Å². The van der Waals surface area contributed by atoms with E-state index < -0.39 is 23.7 Å². The molecule has 1 aromatic carbocycles. The summed E-state index contributed by atoms with van der Waals surface area (Å²) in [7, 11) is 0. The van der Waals surface area contributed by atoms with E-state index in [9.17, 15) is 27.5 Å². The molecule has 0 amide bonds. The molecule has 154 valence electrons. The molecular weight excluding hydrogens is 390 g/mol. The van der Waals surface area contributed by atoms with E-state index in [1.54, 1.807) is 12.3 Å². The van der Waals surface area contributed by atoms with Crippen LogP contribution < -0.4 is 5.56 Å². The van der Waals surface area contributed by atoms with Gasteiger partial charge in [0, 0.05) is 30.7 Å². The predicted octanol–water partition coefficient (Wildman–Crippen LogP) is 4.38. The number of alkyl halides is 3. The van der Waals surface area contributed by atoms with E-state index in [0.29, 0.717) is 11.9 Å². The molecule has 0 bridgehead atoms. The second kappa shape index (κ2) is 8.28. The molecule has 2 aromatic heterocycles. The highest BCUT2D eigenvalue weighted by Crippen LogP contribution is 2.32. The van der Waals surface area contributed by atoms with Gasteiger partial charge in [0.1, 0.15) is 5.82 Å². The molecule has 0 saturated carbocycles. The molecule has 1 atom stereocenters. The van der Waals surface area contributed by atoms with Gasteiger partial charge < -0.3 is 9.67 Å². The first-order valence-corrected chi connectivity index (χ1v) is 9.12. The number of unbranched alkanes of at least 4 members (excludes halogenated alkanes) is 2. The Morgan fingerprint density at radius 1 is 1.17 bits per heavy atom. The summed E-state index contributed by atoms with van der Waals surface area (Å²) in [6.07, 6.45) is -1.50. The number of aliphatic hydroxyl groups is 1. The molecule has 0 fully saturated rings. The quantitative estimate of drug-likeness (QED) is 0.485. The van der Waals surface area contributed by atoms with E-state index in [0.717, 1.165) is 37.7 Å². The molecular formula is C20H19F4N3O2. The minimum Gasteiger partial charge on any atom is -0.379 e. The lowest BCUT2D eigenvalue weighted by molar-refractivity contribution is -0.206. The summed E-state index contributed by atoms with van der Waals surface area (Å²) in [6.45, 7) is 2.59. The van der Waals surface area contributed by atoms with Crippen molar-refractivity contribution in [3.05, 3.63) is 58.5 Å². The molecule has 0 saturated heterocycles. The van der Waals surface area contributed by atoms with E-state index in [4.69, 9.17) is 0 Å². The fraction of sp³-hybridized carbons (Fsp3) is 0.350. The Morgan fingerprint density at radius 2 is 1.86 bits per heavy atom. The van der Waals surface area contributed by atoms with Crippen molar-refractivity contribution in [1.82, 2.24) is 14.5 Å². The third-order valence-electron chi connectivity index (χ3n) is 4.61. The topological polar surface area (TPSA) is 68.0 Å². The molecule has 1 unspecified atom stereocenters. The number of rotatable bonds is 6. The molecule has 3 rings (SSSR count). The molecule has 5 nitrogen and oxygen atoms in total. The molecule has 1 N–H and O–H groups in total. The Balaban J connectivity index is 1.95. The summed E-state index contributed by atoms with van der Waals surface area (Å²) in [5.74, 6) is -0.903. The standard InChI is InChI=1S/C20H19F4N3O2/c1-2-3-4-6-27-7-5-12-8-15(16(21)9-14(12)19(27)29)18-25-10-13(11-26-18)17(28)20(22,23)24/h5,7-11,17,28H,2-4,6H2,1H3. The molecule has 9 heteroatoms. The summed E-state index contributed by atoms with van der Waals surface area (Å²) in [5, 5.41) is 9.91. The van der Waals surface area contributed by atoms with Crippen molar-refractivity contribution in [3.8, 4) is 11.4 Å². The van der Waals surface area contributed by atoms with Crippen LogP contribution in [0.2, 0.25) is 0 Å². The van der Waals surface area contributed by atoms with Crippen LogP contribution in [-0.4, -0.2) is 25.8 Å². The van der Waals surface area contributed by atoms with Crippen molar-refractivity contribution in [2.75, 3.05) is 0 Å². The maximum Gasteiger partial charge on any atom is 0.418 e. The van der Waals surface area contributed by atoms with E-state index in [1.807, 2.05) is 0 Å². The first-order chi connectivity index (χ1) is 13.7. The number of hydrogen-bond donors (Lipinski definition) is 1. The van der Waals surface area contributed by atoms with Crippen molar-refractivity contribution < 1.29 is 22.7 Å². The lowest BCUT2D eigenvalue weighted by atomic mass is 10.1. The van der Waals surface area contributed by atoms with E-state index >= 15 is 0 Å². The number of pyridine rings is 1. The van der Waals surface area contributed by atoms with E-state index in [-0.39, 0.29) is 22.3 Å². The van der Waals surface area contributed by atoms with Crippen molar-refractivity contribution in [2.24, 2.45) is 0 Å². The van der Waals surface area contributed by atoms with Crippen LogP contribution in [-0.2, 0) is 6.54 Å². The van der Waals surface area contributed by atoms with Crippen molar-refractivity contribution in [1.29, 1.82) is 0 Å². The number of halogens is 4. The SMILES string of the molecule is CCCCCn1ccc2cc(-c3ncc(C(O)C(F)(F)F)cn3)c(F)cc2c1=O. The maximum absolute atomic E-state index is 14.6. The van der Waals surface area contributed by atoms with Gasteiger partial charge in [-0.3, -0.25) is 4.79 Å². The Bertz CT molecular complexity index is 1060. The molecule has 0 aliphatic rings. The summed E-state index contributed by atoms with van der Waals surface area (Å²) in [4.78, 5) is 20.1. The lowest BCUT2D eigenvalue weighted by Gasteiger charge is -2.14. The van der Waals surface area contributed by atoms with E-state index in [1.165, 1.54) is 10.6 Å². The monoisotopic (exact) mass is 409 g/mol. The fourth-order valence-electron chi connectivity index (χ4n) is 2.99. The number of aromatic nitrogens is 3. The normalized spacial score (nSPS) is 13.0. The predicted molar refractivity (Wildman–Crippen MR) is 99.7 cm³/mol. The van der Waals surface area contributed by atoms with Gasteiger partial charge in [0.05, 0.1) is 10.9 Å². The van der Waals surface area contributed by atoms with Gasteiger partial charge in [0.2, 0.25) is 0 Å². The number of aryl methyl sites for hydroxylation is 1. The van der Waals surface area contributed by atoms with E-state index in [2.05, 4.69) is 16.9 Å². The van der Waals surface area contributed by atoms with Crippen LogP contribution in [0.5, 0.6) is 0 Å². The van der Waals surface area contributed by atoms with Crippen LogP contribution in [0, 0.1) is 5.82 Å². The van der Waals surface area contributed by atoms with Gasteiger partial charge in [0.15, 0.2) is 11.9 Å². The highest BCUT2D eigenvalue weighted by molar-refractivity contribution is 5.85. The number of hydrogen-bond acceptors (Lipinski definition) is 4. The molecule has 3 aromatic rings. The van der Waals surface area contributed by atoms with Crippen LogP contribution in [0.25, 0.3) is 22.2 Å². The second-order valence-corrected chi connectivity index (χ2v) is 6.72. The third kappa shape index (κ3) is 4.45. The molecule has 0 aliphatic heterocycles. The van der Waals surface area contributed by atoms with Crippen LogP contribution in [0.3, 0.4) is 0 Å². The van der Waals surface area contributed by atoms with Gasteiger partial charge in [0.25, 0.3) is 5.56 Å². The Labute approximate surface area is 163 Å². The van der Waals surface area contributed by atoms with Crippen LogP contribution in [0.1, 0.15) is 37.9 Å².